The van der Waals surface area contributed by atoms with E-state index in [1.54, 1.807) is 0 Å². The van der Waals surface area contributed by atoms with Gasteiger partial charge in [-0.05, 0) is 24.8 Å². The lowest BCUT2D eigenvalue weighted by Crippen LogP contribution is -2.49. The van der Waals surface area contributed by atoms with Crippen molar-refractivity contribution in [2.45, 2.75) is 50.5 Å². The lowest BCUT2D eigenvalue weighted by Gasteiger charge is -2.21. The zero-order chi connectivity index (χ0) is 16.0. The van der Waals surface area contributed by atoms with Crippen LogP contribution in [0.3, 0.4) is 0 Å². The number of carbonyl (C=O) groups is 2. The van der Waals surface area contributed by atoms with Crippen LogP contribution in [0, 0.1) is 0 Å². The quantitative estimate of drug-likeness (QED) is 0.687. The van der Waals surface area contributed by atoms with Crippen LogP contribution in [0.1, 0.15) is 44.6 Å². The van der Waals surface area contributed by atoms with Crippen LogP contribution in [0.2, 0.25) is 0 Å². The zero-order valence-electron chi connectivity index (χ0n) is 13.1. The molecule has 22 heavy (non-hydrogen) atoms. The monoisotopic (exact) mass is 303 g/mol. The summed E-state index contributed by atoms with van der Waals surface area (Å²) in [6.45, 7) is 2.66. The predicted molar refractivity (Wildman–Crippen MR) is 86.4 cm³/mol. The molecule has 0 saturated heterocycles. The highest BCUT2D eigenvalue weighted by Gasteiger charge is 2.44. The molecule has 1 fully saturated rings. The summed E-state index contributed by atoms with van der Waals surface area (Å²) < 4.78 is 0. The normalized spacial score (nSPS) is 16.6. The molecule has 5 nitrogen and oxygen atoms in total. The van der Waals surface area contributed by atoms with Crippen LogP contribution in [0.15, 0.2) is 30.3 Å². The maximum absolute atomic E-state index is 12.3. The van der Waals surface area contributed by atoms with Gasteiger partial charge in [0.2, 0.25) is 5.91 Å². The Morgan fingerprint density at radius 2 is 1.95 bits per heavy atom. The molecule has 3 amide bonds. The lowest BCUT2D eigenvalue weighted by atomic mass is 9.96. The van der Waals surface area contributed by atoms with Gasteiger partial charge in [0, 0.05) is 12.0 Å². The van der Waals surface area contributed by atoms with Gasteiger partial charge in [-0.1, -0.05) is 50.1 Å². The fourth-order valence-corrected chi connectivity index (χ4v) is 2.74. The number of hydrogen-bond acceptors (Lipinski definition) is 2. The number of hydrogen-bond donors (Lipinski definition) is 3. The molecule has 1 aliphatic rings. The first kappa shape index (κ1) is 16.3. The summed E-state index contributed by atoms with van der Waals surface area (Å²) in [5.41, 5.74) is 6.49. The van der Waals surface area contributed by atoms with E-state index in [-0.39, 0.29) is 11.3 Å². The summed E-state index contributed by atoms with van der Waals surface area (Å²) in [7, 11) is 0. The number of rotatable bonds is 8. The number of primary amides is 1. The van der Waals surface area contributed by atoms with Crippen molar-refractivity contribution in [3.05, 3.63) is 35.9 Å². The van der Waals surface area contributed by atoms with Gasteiger partial charge in [0.1, 0.15) is 6.04 Å². The smallest absolute Gasteiger partial charge is 0.312 e. The molecule has 0 bridgehead atoms. The molecule has 5 heteroatoms. The van der Waals surface area contributed by atoms with Crippen molar-refractivity contribution in [2.24, 2.45) is 5.73 Å². The fraction of sp³-hybridized carbons (Fsp3) is 0.529. The first-order chi connectivity index (χ1) is 10.6. The molecule has 0 aromatic heterocycles. The number of nitrogens with two attached hydrogens (primary N) is 1. The van der Waals surface area contributed by atoms with E-state index >= 15 is 0 Å². The van der Waals surface area contributed by atoms with Crippen LogP contribution < -0.4 is 16.4 Å². The molecule has 1 atom stereocenters. The van der Waals surface area contributed by atoms with E-state index in [9.17, 15) is 9.59 Å². The van der Waals surface area contributed by atoms with Gasteiger partial charge in [-0.2, -0.15) is 0 Å². The van der Waals surface area contributed by atoms with Gasteiger partial charge in [0.25, 0.3) is 0 Å². The Kier molecular flexibility index (Phi) is 5.41. The highest BCUT2D eigenvalue weighted by atomic mass is 16.2. The van der Waals surface area contributed by atoms with E-state index in [0.29, 0.717) is 13.0 Å². The van der Waals surface area contributed by atoms with E-state index in [1.807, 2.05) is 25.1 Å². The second-order valence-electron chi connectivity index (χ2n) is 6.07. The Balaban J connectivity index is 1.91. The number of carbonyl (C=O) groups excluding carboxylic acids is 2. The van der Waals surface area contributed by atoms with Crippen molar-refractivity contribution in [3.8, 4) is 0 Å². The van der Waals surface area contributed by atoms with E-state index in [1.165, 1.54) is 5.56 Å². The summed E-state index contributed by atoms with van der Waals surface area (Å²) in [6.07, 6.45) is 4.63. The number of nitrogens with one attached hydrogen (secondary N) is 2. The highest BCUT2D eigenvalue weighted by molar-refractivity contribution is 5.86. The van der Waals surface area contributed by atoms with Gasteiger partial charge in [-0.3, -0.25) is 4.79 Å². The van der Waals surface area contributed by atoms with Gasteiger partial charge in [-0.25, -0.2) is 4.79 Å². The number of urea groups is 1. The summed E-state index contributed by atoms with van der Waals surface area (Å²) in [5.74, 6) is -0.144. The first-order valence-corrected chi connectivity index (χ1v) is 7.96. The minimum absolute atomic E-state index is 0.0684. The third kappa shape index (κ3) is 4.23. The molecule has 4 N–H and O–H groups in total. The SMILES string of the molecule is CCCC[C@@H](NC(N)=O)C(=O)NCC1(c2ccccc2)CC1. The summed E-state index contributed by atoms with van der Waals surface area (Å²) in [6, 6.07) is 9.07. The third-order valence-corrected chi connectivity index (χ3v) is 4.32. The fourth-order valence-electron chi connectivity index (χ4n) is 2.74. The average molecular weight is 303 g/mol. The van der Waals surface area contributed by atoms with Crippen LogP contribution >= 0.6 is 0 Å². The zero-order valence-corrected chi connectivity index (χ0v) is 13.1. The Hall–Kier alpha value is -2.04. The van der Waals surface area contributed by atoms with E-state index in [4.69, 9.17) is 5.73 Å². The number of unbranched alkanes of at least 4 members (excludes halogenated alkanes) is 1. The van der Waals surface area contributed by atoms with Crippen LogP contribution in [0.5, 0.6) is 0 Å². The first-order valence-electron chi connectivity index (χ1n) is 7.96. The van der Waals surface area contributed by atoms with Crippen LogP contribution in [0.4, 0.5) is 4.79 Å². The number of amides is 3. The minimum Gasteiger partial charge on any atom is -0.353 e. The molecule has 0 unspecified atom stereocenters. The van der Waals surface area contributed by atoms with Crippen LogP contribution in [-0.2, 0) is 10.2 Å². The van der Waals surface area contributed by atoms with E-state index < -0.39 is 12.1 Å². The minimum atomic E-state index is -0.652. The van der Waals surface area contributed by atoms with Crippen molar-refractivity contribution in [1.29, 1.82) is 0 Å². The van der Waals surface area contributed by atoms with Crippen LogP contribution in [-0.4, -0.2) is 24.5 Å². The highest BCUT2D eigenvalue weighted by Crippen LogP contribution is 2.47. The standard InChI is InChI=1S/C17H25N3O2/c1-2-3-9-14(20-16(18)22)15(21)19-12-17(10-11-17)13-7-5-4-6-8-13/h4-8,14H,2-3,9-12H2,1H3,(H,19,21)(H3,18,20,22)/t14-/m1/s1. The molecule has 1 aromatic rings. The maximum Gasteiger partial charge on any atom is 0.312 e. The molecular weight excluding hydrogens is 278 g/mol. The van der Waals surface area contributed by atoms with Crippen LogP contribution in [0.25, 0.3) is 0 Å². The summed E-state index contributed by atoms with van der Waals surface area (Å²) in [4.78, 5) is 23.4. The van der Waals surface area contributed by atoms with Gasteiger partial charge in [0.05, 0.1) is 0 Å². The topological polar surface area (TPSA) is 84.2 Å². The van der Waals surface area contributed by atoms with Crippen molar-refractivity contribution in [1.82, 2.24) is 10.6 Å². The van der Waals surface area contributed by atoms with E-state index in [0.717, 1.165) is 25.7 Å². The van der Waals surface area contributed by atoms with Crippen molar-refractivity contribution in [2.75, 3.05) is 6.54 Å². The molecule has 0 radical (unpaired) electrons. The second-order valence-corrected chi connectivity index (χ2v) is 6.07. The van der Waals surface area contributed by atoms with Crippen molar-refractivity contribution < 1.29 is 9.59 Å². The average Bonchev–Trinajstić information content (AvgIpc) is 3.31. The number of benzene rings is 1. The third-order valence-electron chi connectivity index (χ3n) is 4.32. The predicted octanol–water partition coefficient (Wildman–Crippen LogP) is 2.06. The molecule has 0 heterocycles. The summed E-state index contributed by atoms with van der Waals surface area (Å²) >= 11 is 0. The van der Waals surface area contributed by atoms with E-state index in [2.05, 4.69) is 22.8 Å². The van der Waals surface area contributed by atoms with Gasteiger partial charge in [-0.15, -0.1) is 0 Å². The van der Waals surface area contributed by atoms with Gasteiger partial charge in [0.15, 0.2) is 0 Å². The lowest BCUT2D eigenvalue weighted by molar-refractivity contribution is -0.123. The largest absolute Gasteiger partial charge is 0.353 e. The molecular formula is C17H25N3O2. The van der Waals surface area contributed by atoms with Crippen molar-refractivity contribution in [3.63, 3.8) is 0 Å². The Morgan fingerprint density at radius 1 is 1.27 bits per heavy atom. The van der Waals surface area contributed by atoms with Gasteiger partial charge >= 0.3 is 6.03 Å². The molecule has 1 aromatic carbocycles. The van der Waals surface area contributed by atoms with Gasteiger partial charge < -0.3 is 16.4 Å². The summed E-state index contributed by atoms with van der Waals surface area (Å²) in [5, 5.41) is 5.53. The van der Waals surface area contributed by atoms with Crippen molar-refractivity contribution >= 4 is 11.9 Å². The Labute approximate surface area is 131 Å². The second kappa shape index (κ2) is 7.29. The molecule has 0 aliphatic heterocycles. The molecule has 1 saturated carbocycles. The molecule has 120 valence electrons. The molecule has 2 rings (SSSR count). The Morgan fingerprint density at radius 3 is 2.50 bits per heavy atom. The molecule has 1 aliphatic carbocycles. The Bertz CT molecular complexity index is 512. The molecule has 0 spiro atoms. The maximum atomic E-state index is 12.3.